The van der Waals surface area contributed by atoms with Crippen molar-refractivity contribution < 1.29 is 28.6 Å². The van der Waals surface area contributed by atoms with Crippen molar-refractivity contribution in [1.82, 2.24) is 10.2 Å². The van der Waals surface area contributed by atoms with Gasteiger partial charge < -0.3 is 24.4 Å². The minimum absolute atomic E-state index is 0.198. The molecule has 160 valence electrons. The number of hydrogen-bond donors (Lipinski definition) is 1. The van der Waals surface area contributed by atoms with Gasteiger partial charge in [0.1, 0.15) is 0 Å². The van der Waals surface area contributed by atoms with Crippen LogP contribution in [-0.2, 0) is 23.8 Å². The summed E-state index contributed by atoms with van der Waals surface area (Å²) < 4.78 is 13.3. The molecule has 0 aliphatic carbocycles. The van der Waals surface area contributed by atoms with Gasteiger partial charge in [-0.1, -0.05) is 23.8 Å². The van der Waals surface area contributed by atoms with E-state index in [-0.39, 0.29) is 11.9 Å². The molecule has 0 spiro atoms. The van der Waals surface area contributed by atoms with Crippen LogP contribution in [0.4, 0.5) is 4.79 Å². The Morgan fingerprint density at radius 2 is 1.68 bits per heavy atom. The summed E-state index contributed by atoms with van der Waals surface area (Å²) in [6.07, 6.45) is 5.74. The Balaban J connectivity index is 0.000000402. The first-order valence-corrected chi connectivity index (χ1v) is 9.46. The van der Waals surface area contributed by atoms with Crippen molar-refractivity contribution in [2.75, 3.05) is 47.4 Å². The summed E-state index contributed by atoms with van der Waals surface area (Å²) in [5, 5.41) is 3.08. The highest BCUT2D eigenvalue weighted by Crippen LogP contribution is 2.08. The number of alkyl halides is 1. The Morgan fingerprint density at radius 3 is 2.07 bits per heavy atom. The van der Waals surface area contributed by atoms with Gasteiger partial charge in [0.15, 0.2) is 5.56 Å². The maximum absolute atomic E-state index is 11.0. The molecule has 0 amide bonds. The Labute approximate surface area is 175 Å². The average Bonchev–Trinajstić information content (AvgIpc) is 2.67. The summed E-state index contributed by atoms with van der Waals surface area (Å²) in [5.41, 5.74) is 0.0162. The Bertz CT molecular complexity index is 578. The molecule has 8 nitrogen and oxygen atoms in total. The molecular formula is C18H28Cl2N2O6. The molecule has 1 atom stereocenters. The fourth-order valence-corrected chi connectivity index (χ4v) is 2.49. The van der Waals surface area contributed by atoms with Crippen LogP contribution in [0.5, 0.6) is 0 Å². The molecular weight excluding hydrogens is 411 g/mol. The maximum atomic E-state index is 11.0. The van der Waals surface area contributed by atoms with Gasteiger partial charge in [0.05, 0.1) is 14.2 Å². The second-order valence-electron chi connectivity index (χ2n) is 5.83. The summed E-state index contributed by atoms with van der Waals surface area (Å²) in [7, 11) is 4.81. The van der Waals surface area contributed by atoms with Crippen molar-refractivity contribution >= 4 is 40.6 Å². The lowest BCUT2D eigenvalue weighted by Crippen LogP contribution is -2.28. The summed E-state index contributed by atoms with van der Waals surface area (Å²) >= 11 is 9.87. The molecule has 0 saturated heterocycles. The molecule has 10 heteroatoms. The van der Waals surface area contributed by atoms with E-state index in [1.807, 2.05) is 19.2 Å². The fourth-order valence-electron chi connectivity index (χ4n) is 2.23. The maximum Gasteiger partial charge on any atom is 0.405 e. The van der Waals surface area contributed by atoms with Gasteiger partial charge in [0.25, 0.3) is 0 Å². The fraction of sp³-hybridized carbons (Fsp3) is 0.611. The second kappa shape index (κ2) is 15.3. The number of ether oxygens (including phenoxy) is 3. The number of nitrogens with zero attached hydrogens (tertiary/aromatic N) is 1. The first kappa shape index (κ1) is 26.4. The molecule has 0 bridgehead atoms. The lowest BCUT2D eigenvalue weighted by molar-refractivity contribution is -0.137. The number of carbonyl (C=O) groups excluding carboxylic acids is 3. The third-order valence-electron chi connectivity index (χ3n) is 3.52. The number of halogens is 2. The topological polar surface area (TPSA) is 94.2 Å². The molecule has 0 aromatic carbocycles. The van der Waals surface area contributed by atoms with Gasteiger partial charge in [0.2, 0.25) is 0 Å². The van der Waals surface area contributed by atoms with Gasteiger partial charge in [0, 0.05) is 42.4 Å². The van der Waals surface area contributed by atoms with Crippen LogP contribution in [0.15, 0.2) is 23.3 Å². The molecule has 0 aromatic rings. The Kier molecular flexibility index (Phi) is 14.4. The number of carbonyl (C=O) groups is 3. The monoisotopic (exact) mass is 438 g/mol. The first-order chi connectivity index (χ1) is 13.2. The molecule has 2 rings (SSSR count). The van der Waals surface area contributed by atoms with Crippen molar-refractivity contribution in [1.29, 1.82) is 0 Å². The van der Waals surface area contributed by atoms with Crippen molar-refractivity contribution in [3.05, 3.63) is 23.3 Å². The Hall–Kier alpha value is -1.61. The van der Waals surface area contributed by atoms with Crippen LogP contribution in [0, 0.1) is 0 Å². The van der Waals surface area contributed by atoms with Crippen molar-refractivity contribution in [3.8, 4) is 0 Å². The molecule has 28 heavy (non-hydrogen) atoms. The third kappa shape index (κ3) is 12.7. The van der Waals surface area contributed by atoms with Crippen LogP contribution >= 0.6 is 23.2 Å². The van der Waals surface area contributed by atoms with Crippen LogP contribution in [0.1, 0.15) is 19.8 Å². The smallest absolute Gasteiger partial charge is 0.405 e. The van der Waals surface area contributed by atoms with Crippen LogP contribution in [0.2, 0.25) is 0 Å². The van der Waals surface area contributed by atoms with E-state index in [1.165, 1.54) is 21.1 Å². The van der Waals surface area contributed by atoms with Gasteiger partial charge in [-0.15, -0.1) is 0 Å². The highest BCUT2D eigenvalue weighted by atomic mass is 35.5. The van der Waals surface area contributed by atoms with E-state index in [2.05, 4.69) is 24.4 Å². The molecule has 0 saturated carbocycles. The van der Waals surface area contributed by atoms with Gasteiger partial charge in [-0.25, -0.2) is 14.4 Å². The van der Waals surface area contributed by atoms with E-state index in [1.54, 1.807) is 0 Å². The van der Waals surface area contributed by atoms with Crippen LogP contribution in [0.3, 0.4) is 0 Å². The number of nitrogens with one attached hydrogen (secondary N) is 1. The van der Waals surface area contributed by atoms with E-state index in [9.17, 15) is 14.4 Å². The predicted octanol–water partition coefficient (Wildman–Crippen LogP) is 2.45. The normalized spacial score (nSPS) is 17.2. The first-order valence-electron chi connectivity index (χ1n) is 8.65. The van der Waals surface area contributed by atoms with Gasteiger partial charge in [-0.3, -0.25) is 0 Å². The molecule has 0 radical (unpaired) electrons. The van der Waals surface area contributed by atoms with Gasteiger partial charge >= 0.3 is 17.4 Å². The van der Waals surface area contributed by atoms with E-state index in [0.717, 1.165) is 37.1 Å². The molecule has 2 aliphatic rings. The van der Waals surface area contributed by atoms with Crippen molar-refractivity contribution in [2.45, 2.75) is 25.3 Å². The van der Waals surface area contributed by atoms with Crippen molar-refractivity contribution in [2.24, 2.45) is 0 Å². The number of methoxy groups -OCH3 is 2. The van der Waals surface area contributed by atoms with Crippen LogP contribution in [-0.4, -0.2) is 75.3 Å². The molecule has 1 N–H and O–H groups in total. The molecule has 1 unspecified atom stereocenters. The molecule has 0 fully saturated rings. The highest BCUT2D eigenvalue weighted by Gasteiger charge is 2.15. The predicted molar refractivity (Wildman–Crippen MR) is 107 cm³/mol. The van der Waals surface area contributed by atoms with Gasteiger partial charge in [-0.2, -0.15) is 0 Å². The van der Waals surface area contributed by atoms with E-state index in [4.69, 9.17) is 23.2 Å². The molecule has 2 aliphatic heterocycles. The number of rotatable bonds is 3. The summed E-state index contributed by atoms with van der Waals surface area (Å²) in [6, 6.07) is 0. The lowest BCUT2D eigenvalue weighted by Gasteiger charge is -2.21. The SMILES string of the molecule is CC(Cl)OC(=O)Cl.COC(=O)C1=CCCN(C)C1.COC(=O)C1=CCCNC1. The molecule has 0 aromatic heterocycles. The highest BCUT2D eigenvalue weighted by molar-refractivity contribution is 6.61. The number of likely N-dealkylation sites (N-methyl/N-ethyl adjacent to an activating group) is 1. The van der Waals surface area contributed by atoms with E-state index >= 15 is 0 Å². The summed E-state index contributed by atoms with van der Waals surface area (Å²) in [6.45, 7) is 4.85. The average molecular weight is 439 g/mol. The number of esters is 2. The van der Waals surface area contributed by atoms with Crippen LogP contribution in [0.25, 0.3) is 0 Å². The van der Waals surface area contributed by atoms with E-state index < -0.39 is 11.0 Å². The minimum Gasteiger partial charge on any atom is -0.466 e. The zero-order valence-electron chi connectivity index (χ0n) is 16.6. The quantitative estimate of drug-likeness (QED) is 0.310. The third-order valence-corrected chi connectivity index (χ3v) is 3.70. The van der Waals surface area contributed by atoms with Gasteiger partial charge in [-0.05, 0) is 33.4 Å². The number of hydrogen-bond acceptors (Lipinski definition) is 8. The summed E-state index contributed by atoms with van der Waals surface area (Å²) in [4.78, 5) is 33.6. The molecule has 2 heterocycles. The largest absolute Gasteiger partial charge is 0.466 e. The Morgan fingerprint density at radius 1 is 1.11 bits per heavy atom. The lowest BCUT2D eigenvalue weighted by atomic mass is 10.1. The van der Waals surface area contributed by atoms with Crippen molar-refractivity contribution in [3.63, 3.8) is 0 Å². The van der Waals surface area contributed by atoms with E-state index in [0.29, 0.717) is 13.1 Å². The summed E-state index contributed by atoms with van der Waals surface area (Å²) in [5.74, 6) is -0.413. The zero-order valence-corrected chi connectivity index (χ0v) is 18.1. The second-order valence-corrected chi connectivity index (χ2v) is 6.76. The zero-order chi connectivity index (χ0) is 21.5. The minimum atomic E-state index is -0.873. The standard InChI is InChI=1S/C8H13NO2.C7H11NO2.C3H4Cl2O2/c1-9-5-3-4-7(6-9)8(10)11-2;1-10-7(9)6-3-2-4-8-5-6;1-2(4)7-3(5)6/h4H,3,5-6H2,1-2H3;3,8H,2,4-5H2,1H3;2H,1H3. The van der Waals surface area contributed by atoms with Crippen LogP contribution < -0.4 is 5.32 Å².